The molecule has 0 bridgehead atoms. The van der Waals surface area contributed by atoms with Crippen LogP contribution >= 0.6 is 0 Å². The number of nitrogens with zero attached hydrogens (tertiary/aromatic N) is 1. The Labute approximate surface area is 172 Å². The zero-order valence-corrected chi connectivity index (χ0v) is 16.0. The van der Waals surface area contributed by atoms with Crippen LogP contribution in [0.15, 0.2) is 66.7 Å². The summed E-state index contributed by atoms with van der Waals surface area (Å²) in [6, 6.07) is 19.9. The predicted octanol–water partition coefficient (Wildman–Crippen LogP) is 3.74. The molecule has 6 heteroatoms. The van der Waals surface area contributed by atoms with E-state index in [0.29, 0.717) is 33.7 Å². The lowest BCUT2D eigenvalue weighted by Gasteiger charge is -2.19. The number of hydrogen-bond donors (Lipinski definition) is 1. The van der Waals surface area contributed by atoms with E-state index in [1.807, 2.05) is 6.07 Å². The smallest absolute Gasteiger partial charge is 0.265 e. The molecule has 1 atom stereocenters. The van der Waals surface area contributed by atoms with Crippen LogP contribution in [-0.4, -0.2) is 23.6 Å². The fourth-order valence-electron chi connectivity index (χ4n) is 3.33. The van der Waals surface area contributed by atoms with Crippen molar-refractivity contribution in [3.8, 4) is 11.8 Å². The number of para-hydroxylation sites is 1. The Morgan fingerprint density at radius 3 is 2.20 bits per heavy atom. The topological polar surface area (TPSA) is 96.3 Å². The zero-order valence-electron chi connectivity index (χ0n) is 16.0. The van der Waals surface area contributed by atoms with Gasteiger partial charge in [0.25, 0.3) is 5.91 Å². The second-order valence-electron chi connectivity index (χ2n) is 6.82. The van der Waals surface area contributed by atoms with E-state index in [2.05, 4.69) is 5.32 Å². The SMILES string of the molecule is CC(Oc1ccccc1C#N)C(=O)Nc1ccc2c(c1)C(=O)c1ccccc1C2=O. The predicted molar refractivity (Wildman–Crippen MR) is 110 cm³/mol. The highest BCUT2D eigenvalue weighted by molar-refractivity contribution is 6.28. The standard InChI is InChI=1S/C24H16N2O4/c1-14(30-21-9-5-2-6-15(21)13-25)24(29)26-16-10-11-19-20(12-16)23(28)18-8-4-3-7-17(18)22(19)27/h2-12,14H,1H3,(H,26,29). The molecule has 0 saturated heterocycles. The molecule has 0 heterocycles. The number of carbonyl (C=O) groups excluding carboxylic acids is 3. The lowest BCUT2D eigenvalue weighted by molar-refractivity contribution is -0.122. The summed E-state index contributed by atoms with van der Waals surface area (Å²) < 4.78 is 5.61. The zero-order chi connectivity index (χ0) is 21.3. The molecule has 1 N–H and O–H groups in total. The van der Waals surface area contributed by atoms with Gasteiger partial charge < -0.3 is 10.1 Å². The molecule has 146 valence electrons. The molecule has 3 aromatic rings. The lowest BCUT2D eigenvalue weighted by atomic mass is 9.84. The molecule has 30 heavy (non-hydrogen) atoms. The molecule has 4 rings (SSSR count). The quantitative estimate of drug-likeness (QED) is 0.567. The van der Waals surface area contributed by atoms with Gasteiger partial charge in [-0.05, 0) is 37.3 Å². The van der Waals surface area contributed by atoms with Gasteiger partial charge in [0.05, 0.1) is 5.56 Å². The van der Waals surface area contributed by atoms with Crippen molar-refractivity contribution in [1.82, 2.24) is 0 Å². The Hall–Kier alpha value is -4.24. The van der Waals surface area contributed by atoms with Crippen molar-refractivity contribution in [3.05, 3.63) is 94.5 Å². The van der Waals surface area contributed by atoms with E-state index < -0.39 is 12.0 Å². The van der Waals surface area contributed by atoms with Crippen LogP contribution in [0.5, 0.6) is 5.75 Å². The average Bonchev–Trinajstić information content (AvgIpc) is 2.77. The molecule has 0 spiro atoms. The van der Waals surface area contributed by atoms with Crippen molar-refractivity contribution in [2.75, 3.05) is 5.32 Å². The highest BCUT2D eigenvalue weighted by Gasteiger charge is 2.29. The number of benzene rings is 3. The van der Waals surface area contributed by atoms with Crippen LogP contribution < -0.4 is 10.1 Å². The fourth-order valence-corrected chi connectivity index (χ4v) is 3.33. The molecule has 1 aliphatic carbocycles. The number of fused-ring (bicyclic) bond motifs is 2. The third kappa shape index (κ3) is 3.33. The van der Waals surface area contributed by atoms with Crippen molar-refractivity contribution < 1.29 is 19.1 Å². The number of nitrogens with one attached hydrogen (secondary N) is 1. The van der Waals surface area contributed by atoms with E-state index in [9.17, 15) is 14.4 Å². The van der Waals surface area contributed by atoms with Crippen molar-refractivity contribution >= 4 is 23.2 Å². The number of amides is 1. The second-order valence-corrected chi connectivity index (χ2v) is 6.82. The Balaban J connectivity index is 1.55. The number of ketones is 2. The largest absolute Gasteiger partial charge is 0.480 e. The molecule has 0 saturated carbocycles. The summed E-state index contributed by atoms with van der Waals surface area (Å²) in [6.45, 7) is 1.56. The van der Waals surface area contributed by atoms with Crippen molar-refractivity contribution in [3.63, 3.8) is 0 Å². The lowest BCUT2D eigenvalue weighted by Crippen LogP contribution is -2.30. The Kier molecular flexibility index (Phi) is 4.87. The summed E-state index contributed by atoms with van der Waals surface area (Å²) in [5.41, 5.74) is 1.99. The normalized spacial score (nSPS) is 12.9. The van der Waals surface area contributed by atoms with Crippen LogP contribution in [0.2, 0.25) is 0 Å². The van der Waals surface area contributed by atoms with Gasteiger partial charge in [-0.2, -0.15) is 5.26 Å². The molecule has 0 fully saturated rings. The van der Waals surface area contributed by atoms with E-state index in [4.69, 9.17) is 10.00 Å². The van der Waals surface area contributed by atoms with Gasteiger partial charge in [0, 0.05) is 27.9 Å². The number of rotatable bonds is 4. The molecule has 0 aliphatic heterocycles. The molecule has 0 radical (unpaired) electrons. The van der Waals surface area contributed by atoms with Crippen molar-refractivity contribution in [2.45, 2.75) is 13.0 Å². The van der Waals surface area contributed by atoms with Gasteiger partial charge in [-0.15, -0.1) is 0 Å². The first kappa shape index (κ1) is 19.1. The highest BCUT2D eigenvalue weighted by Crippen LogP contribution is 2.29. The summed E-state index contributed by atoms with van der Waals surface area (Å²) >= 11 is 0. The summed E-state index contributed by atoms with van der Waals surface area (Å²) in [6.07, 6.45) is -0.881. The van der Waals surface area contributed by atoms with E-state index in [1.54, 1.807) is 61.5 Å². The minimum Gasteiger partial charge on any atom is -0.480 e. The minimum absolute atomic E-state index is 0.220. The highest BCUT2D eigenvalue weighted by atomic mass is 16.5. The van der Waals surface area contributed by atoms with Gasteiger partial charge in [0.1, 0.15) is 11.8 Å². The Morgan fingerprint density at radius 1 is 0.900 bits per heavy atom. The monoisotopic (exact) mass is 396 g/mol. The van der Waals surface area contributed by atoms with E-state index >= 15 is 0 Å². The third-order valence-electron chi connectivity index (χ3n) is 4.87. The number of anilines is 1. The van der Waals surface area contributed by atoms with Crippen LogP contribution in [0.25, 0.3) is 0 Å². The molecule has 6 nitrogen and oxygen atoms in total. The van der Waals surface area contributed by atoms with Gasteiger partial charge in [-0.1, -0.05) is 36.4 Å². The van der Waals surface area contributed by atoms with Crippen molar-refractivity contribution in [2.24, 2.45) is 0 Å². The number of nitriles is 1. The minimum atomic E-state index is -0.881. The van der Waals surface area contributed by atoms with Crippen LogP contribution in [0, 0.1) is 11.3 Å². The number of carbonyl (C=O) groups is 3. The maximum absolute atomic E-state index is 12.8. The third-order valence-corrected chi connectivity index (χ3v) is 4.87. The fraction of sp³-hybridized carbons (Fsp3) is 0.0833. The number of ether oxygens (including phenoxy) is 1. The summed E-state index contributed by atoms with van der Waals surface area (Å²) in [4.78, 5) is 38.0. The maximum Gasteiger partial charge on any atom is 0.265 e. The molecular formula is C24H16N2O4. The molecule has 1 amide bonds. The van der Waals surface area contributed by atoms with Gasteiger partial charge in [0.15, 0.2) is 17.7 Å². The van der Waals surface area contributed by atoms with Crippen molar-refractivity contribution in [1.29, 1.82) is 5.26 Å². The first-order chi connectivity index (χ1) is 14.5. The Morgan fingerprint density at radius 2 is 1.50 bits per heavy atom. The van der Waals surface area contributed by atoms with E-state index in [-0.39, 0.29) is 17.1 Å². The van der Waals surface area contributed by atoms with Gasteiger partial charge in [0.2, 0.25) is 0 Å². The van der Waals surface area contributed by atoms with E-state index in [1.165, 1.54) is 12.1 Å². The molecular weight excluding hydrogens is 380 g/mol. The van der Waals surface area contributed by atoms with Gasteiger partial charge in [-0.25, -0.2) is 0 Å². The summed E-state index contributed by atoms with van der Waals surface area (Å²) in [5.74, 6) is -0.616. The van der Waals surface area contributed by atoms with Crippen LogP contribution in [0.1, 0.15) is 44.3 Å². The molecule has 1 unspecified atom stereocenters. The maximum atomic E-state index is 12.8. The average molecular weight is 396 g/mol. The van der Waals surface area contributed by atoms with E-state index in [0.717, 1.165) is 0 Å². The second kappa shape index (κ2) is 7.64. The molecule has 0 aromatic heterocycles. The Bertz CT molecular complexity index is 1240. The first-order valence-corrected chi connectivity index (χ1v) is 9.28. The van der Waals surface area contributed by atoms with Crippen LogP contribution in [0.3, 0.4) is 0 Å². The molecule has 1 aliphatic rings. The van der Waals surface area contributed by atoms with Gasteiger partial charge >= 0.3 is 0 Å². The number of hydrogen-bond acceptors (Lipinski definition) is 5. The first-order valence-electron chi connectivity index (χ1n) is 9.28. The van der Waals surface area contributed by atoms with Gasteiger partial charge in [-0.3, -0.25) is 14.4 Å². The van der Waals surface area contributed by atoms with Crippen LogP contribution in [-0.2, 0) is 4.79 Å². The molecule has 3 aromatic carbocycles. The summed E-state index contributed by atoms with van der Waals surface area (Å²) in [7, 11) is 0. The van der Waals surface area contributed by atoms with Crippen LogP contribution in [0.4, 0.5) is 5.69 Å². The summed E-state index contributed by atoms with van der Waals surface area (Å²) in [5, 5.41) is 11.8.